The van der Waals surface area contributed by atoms with Crippen LogP contribution in [-0.2, 0) is 4.79 Å². The largest absolute Gasteiger partial charge is 0.301 e. The first-order valence-corrected chi connectivity index (χ1v) is 9.22. The number of anilines is 1. The third kappa shape index (κ3) is 3.09. The van der Waals surface area contributed by atoms with E-state index < -0.39 is 6.04 Å². The third-order valence-electron chi connectivity index (χ3n) is 4.27. The van der Waals surface area contributed by atoms with Gasteiger partial charge in [-0.2, -0.15) is 5.10 Å². The third-order valence-corrected chi connectivity index (χ3v) is 5.10. The smallest absolute Gasteiger partial charge is 0.207 e. The van der Waals surface area contributed by atoms with Crippen LogP contribution in [0.25, 0.3) is 17.3 Å². The fraction of sp³-hybridized carbons (Fsp3) is 0.0952. The molecule has 0 fully saturated rings. The van der Waals surface area contributed by atoms with Gasteiger partial charge in [0.05, 0.1) is 11.4 Å². The van der Waals surface area contributed by atoms with E-state index in [1.807, 2.05) is 79.0 Å². The molecule has 26 heavy (non-hydrogen) atoms. The number of aromatic nitrogens is 1. The Morgan fingerprint density at radius 3 is 2.42 bits per heavy atom. The maximum Gasteiger partial charge on any atom is 0.207 e. The van der Waals surface area contributed by atoms with Crippen molar-refractivity contribution in [3.8, 4) is 11.3 Å². The first-order chi connectivity index (χ1) is 12.8. The molecule has 2 aromatic carbocycles. The molecule has 1 unspecified atom stereocenters. The Balaban J connectivity index is 1.67. The zero-order chi connectivity index (χ0) is 17.9. The molecule has 4 nitrogen and oxygen atoms in total. The van der Waals surface area contributed by atoms with Gasteiger partial charge in [-0.25, -0.2) is 9.99 Å². The highest BCUT2D eigenvalue weighted by Gasteiger charge is 2.32. The van der Waals surface area contributed by atoms with Crippen LogP contribution < -0.4 is 5.01 Å². The van der Waals surface area contributed by atoms with Crippen LogP contribution in [0.3, 0.4) is 0 Å². The first-order valence-electron chi connectivity index (χ1n) is 8.34. The summed E-state index contributed by atoms with van der Waals surface area (Å²) in [6, 6.07) is 19.5. The molecular weight excluding hydrogens is 342 g/mol. The average molecular weight is 359 g/mol. The molecule has 1 atom stereocenters. The van der Waals surface area contributed by atoms with Crippen molar-refractivity contribution in [1.29, 1.82) is 0 Å². The number of hydrogen-bond donors (Lipinski definition) is 0. The van der Waals surface area contributed by atoms with E-state index in [0.717, 1.165) is 39.5 Å². The van der Waals surface area contributed by atoms with Crippen molar-refractivity contribution >= 4 is 34.5 Å². The fourth-order valence-electron chi connectivity index (χ4n) is 2.95. The Labute approximate surface area is 156 Å². The van der Waals surface area contributed by atoms with Gasteiger partial charge in [0.15, 0.2) is 0 Å². The summed E-state index contributed by atoms with van der Waals surface area (Å²) in [5.41, 5.74) is 4.74. The quantitative estimate of drug-likeness (QED) is 0.637. The normalized spacial score (nSPS) is 18.2. The fourth-order valence-corrected chi connectivity index (χ4v) is 3.77. The van der Waals surface area contributed by atoms with E-state index in [2.05, 4.69) is 10.1 Å². The molecule has 1 aromatic heterocycles. The number of benzene rings is 2. The molecule has 0 saturated carbocycles. The van der Waals surface area contributed by atoms with E-state index >= 15 is 0 Å². The van der Waals surface area contributed by atoms with E-state index in [-0.39, 0.29) is 0 Å². The molecule has 4 rings (SSSR count). The summed E-state index contributed by atoms with van der Waals surface area (Å²) in [5.74, 6) is 0. The minimum Gasteiger partial charge on any atom is -0.301 e. The molecule has 0 radical (unpaired) electrons. The van der Waals surface area contributed by atoms with Crippen molar-refractivity contribution in [1.82, 2.24) is 4.98 Å². The summed E-state index contributed by atoms with van der Waals surface area (Å²) in [4.78, 5) is 16.5. The molecule has 5 heteroatoms. The monoisotopic (exact) mass is 359 g/mol. The van der Waals surface area contributed by atoms with E-state index in [1.165, 1.54) is 11.3 Å². The number of hydrogen-bond acceptors (Lipinski definition) is 5. The predicted molar refractivity (Wildman–Crippen MR) is 107 cm³/mol. The van der Waals surface area contributed by atoms with Gasteiger partial charge in [0, 0.05) is 16.5 Å². The van der Waals surface area contributed by atoms with Gasteiger partial charge in [0.25, 0.3) is 0 Å². The van der Waals surface area contributed by atoms with Crippen molar-refractivity contribution < 1.29 is 4.79 Å². The first kappa shape index (κ1) is 16.4. The molecule has 2 heterocycles. The zero-order valence-corrected chi connectivity index (χ0v) is 15.1. The number of thiazole rings is 1. The second-order valence-electron chi connectivity index (χ2n) is 6.00. The molecular formula is C21H17N3OS. The van der Waals surface area contributed by atoms with Gasteiger partial charge in [0.2, 0.25) is 5.13 Å². The summed E-state index contributed by atoms with van der Waals surface area (Å²) in [5, 5.41) is 9.03. The second kappa shape index (κ2) is 7.06. The van der Waals surface area contributed by atoms with Crippen molar-refractivity contribution in [2.45, 2.75) is 13.0 Å². The summed E-state index contributed by atoms with van der Waals surface area (Å²) in [7, 11) is 0. The van der Waals surface area contributed by atoms with Crippen LogP contribution in [-0.4, -0.2) is 23.0 Å². The van der Waals surface area contributed by atoms with Gasteiger partial charge in [-0.3, -0.25) is 0 Å². The molecule has 128 valence electrons. The van der Waals surface area contributed by atoms with Gasteiger partial charge in [-0.05, 0) is 18.6 Å². The Kier molecular flexibility index (Phi) is 4.46. The van der Waals surface area contributed by atoms with Crippen LogP contribution in [0.4, 0.5) is 5.13 Å². The lowest BCUT2D eigenvalue weighted by Crippen LogP contribution is -2.29. The van der Waals surface area contributed by atoms with Crippen molar-refractivity contribution in [2.75, 3.05) is 5.01 Å². The number of hydrazone groups is 1. The summed E-state index contributed by atoms with van der Waals surface area (Å²) < 4.78 is 0. The highest BCUT2D eigenvalue weighted by Crippen LogP contribution is 2.33. The van der Waals surface area contributed by atoms with E-state index in [0.29, 0.717) is 0 Å². The number of carbonyl (C=O) groups excluding carboxylic acids is 1. The molecule has 0 aliphatic carbocycles. The van der Waals surface area contributed by atoms with Crippen molar-refractivity contribution in [2.24, 2.45) is 5.10 Å². The summed E-state index contributed by atoms with van der Waals surface area (Å²) in [6.07, 6.45) is 2.95. The van der Waals surface area contributed by atoms with E-state index in [4.69, 9.17) is 0 Å². The molecule has 0 N–H and O–H groups in total. The molecule has 0 saturated heterocycles. The minimum atomic E-state index is -0.454. The van der Waals surface area contributed by atoms with Gasteiger partial charge in [-0.1, -0.05) is 60.7 Å². The number of carbonyl (C=O) groups is 1. The highest BCUT2D eigenvalue weighted by molar-refractivity contribution is 7.14. The van der Waals surface area contributed by atoms with Crippen molar-refractivity contribution in [3.05, 3.63) is 77.2 Å². The molecule has 1 aliphatic heterocycles. The molecule has 0 amide bonds. The standard InChI is InChI=1S/C21H17N3OS/c1-15-18(12-16-8-4-2-5-9-16)20(13-25)24(23-15)21-22-19(14-26-21)17-10-6-3-7-11-17/h2-14,20H,1H3. The summed E-state index contributed by atoms with van der Waals surface area (Å²) in [6.45, 7) is 1.93. The van der Waals surface area contributed by atoms with Crippen LogP contribution >= 0.6 is 11.3 Å². The Morgan fingerprint density at radius 2 is 1.73 bits per heavy atom. The lowest BCUT2D eigenvalue weighted by molar-refractivity contribution is -0.108. The number of aldehydes is 1. The highest BCUT2D eigenvalue weighted by atomic mass is 32.1. The van der Waals surface area contributed by atoms with Crippen LogP contribution in [0, 0.1) is 0 Å². The maximum absolute atomic E-state index is 11.8. The topological polar surface area (TPSA) is 45.6 Å². The maximum atomic E-state index is 11.8. The van der Waals surface area contributed by atoms with Crippen LogP contribution in [0.5, 0.6) is 0 Å². The van der Waals surface area contributed by atoms with Gasteiger partial charge in [-0.15, -0.1) is 11.3 Å². The number of nitrogens with zero attached hydrogens (tertiary/aromatic N) is 3. The lowest BCUT2D eigenvalue weighted by Gasteiger charge is -2.16. The molecule has 0 spiro atoms. The zero-order valence-electron chi connectivity index (χ0n) is 14.2. The molecule has 3 aromatic rings. The van der Waals surface area contributed by atoms with Crippen LogP contribution in [0.1, 0.15) is 12.5 Å². The molecule has 0 bridgehead atoms. The molecule has 1 aliphatic rings. The van der Waals surface area contributed by atoms with E-state index in [1.54, 1.807) is 5.01 Å². The van der Waals surface area contributed by atoms with Crippen LogP contribution in [0.2, 0.25) is 0 Å². The second-order valence-corrected chi connectivity index (χ2v) is 6.84. The van der Waals surface area contributed by atoms with Gasteiger partial charge in [0.1, 0.15) is 12.3 Å². The van der Waals surface area contributed by atoms with Gasteiger partial charge >= 0.3 is 0 Å². The number of rotatable bonds is 4. The SMILES string of the molecule is CC1=NN(c2nc(-c3ccccc3)cs2)C(C=O)C1=Cc1ccccc1. The lowest BCUT2D eigenvalue weighted by atomic mass is 10.0. The van der Waals surface area contributed by atoms with Crippen molar-refractivity contribution in [3.63, 3.8) is 0 Å². The minimum absolute atomic E-state index is 0.454. The predicted octanol–water partition coefficient (Wildman–Crippen LogP) is 4.66. The summed E-state index contributed by atoms with van der Waals surface area (Å²) >= 11 is 1.49. The van der Waals surface area contributed by atoms with E-state index in [9.17, 15) is 4.79 Å². The average Bonchev–Trinajstić information content (AvgIpc) is 3.29. The Morgan fingerprint density at radius 1 is 1.04 bits per heavy atom. The Bertz CT molecular complexity index is 977. The van der Waals surface area contributed by atoms with Crippen LogP contribution in [0.15, 0.2) is 76.7 Å². The van der Waals surface area contributed by atoms with Gasteiger partial charge < -0.3 is 4.79 Å². The Hall–Kier alpha value is -3.05.